The molecule has 100 valence electrons. The molecule has 0 aliphatic rings. The van der Waals surface area contributed by atoms with Crippen molar-refractivity contribution in [3.63, 3.8) is 0 Å². The summed E-state index contributed by atoms with van der Waals surface area (Å²) in [4.78, 5) is 13.5. The van der Waals surface area contributed by atoms with E-state index in [4.69, 9.17) is 10.5 Å². The van der Waals surface area contributed by atoms with Crippen molar-refractivity contribution < 1.29 is 9.13 Å². The first-order valence-corrected chi connectivity index (χ1v) is 6.07. The summed E-state index contributed by atoms with van der Waals surface area (Å²) in [6.07, 6.45) is 0. The van der Waals surface area contributed by atoms with Gasteiger partial charge in [0.15, 0.2) is 0 Å². The van der Waals surface area contributed by atoms with E-state index < -0.39 is 5.82 Å². The number of nitrogen functional groups attached to an aromatic ring is 1. The number of ether oxygens (including phenoxy) is 1. The molecule has 0 saturated carbocycles. The van der Waals surface area contributed by atoms with Gasteiger partial charge in [0, 0.05) is 20.2 Å². The molecule has 0 saturated heterocycles. The Kier molecular flexibility index (Phi) is 3.79. The molecule has 0 fully saturated rings. The summed E-state index contributed by atoms with van der Waals surface area (Å²) >= 11 is 3.25. The maximum Gasteiger partial charge on any atom is 0.328 e. The van der Waals surface area contributed by atoms with Crippen LogP contribution in [-0.2, 0) is 0 Å². The zero-order valence-corrected chi connectivity index (χ0v) is 11.8. The van der Waals surface area contributed by atoms with E-state index in [2.05, 4.69) is 30.9 Å². The van der Waals surface area contributed by atoms with Crippen molar-refractivity contribution in [3.8, 4) is 11.8 Å². The van der Waals surface area contributed by atoms with E-state index in [1.165, 1.54) is 18.2 Å². The predicted molar refractivity (Wildman–Crippen MR) is 72.7 cm³/mol. The molecule has 2 rings (SSSR count). The summed E-state index contributed by atoms with van der Waals surface area (Å²) in [7, 11) is 3.52. The second-order valence-electron chi connectivity index (χ2n) is 3.85. The largest absolute Gasteiger partial charge is 0.423 e. The number of rotatable bonds is 3. The molecule has 0 amide bonds. The zero-order valence-electron chi connectivity index (χ0n) is 10.3. The SMILES string of the molecule is CN(C)c1nc(N)nc(Oc2cc(F)ccc2Br)n1. The third-order valence-electron chi connectivity index (χ3n) is 2.11. The van der Waals surface area contributed by atoms with Gasteiger partial charge in [0.1, 0.15) is 11.6 Å². The van der Waals surface area contributed by atoms with E-state index in [9.17, 15) is 4.39 Å². The van der Waals surface area contributed by atoms with Crippen LogP contribution in [0.4, 0.5) is 16.3 Å². The highest BCUT2D eigenvalue weighted by Gasteiger charge is 2.10. The van der Waals surface area contributed by atoms with E-state index in [-0.39, 0.29) is 17.7 Å². The van der Waals surface area contributed by atoms with Gasteiger partial charge in [-0.2, -0.15) is 15.0 Å². The molecular weight excluding hydrogens is 317 g/mol. The predicted octanol–water partition coefficient (Wildman–Crippen LogP) is 2.21. The topological polar surface area (TPSA) is 77.2 Å². The van der Waals surface area contributed by atoms with Crippen molar-refractivity contribution in [1.82, 2.24) is 15.0 Å². The van der Waals surface area contributed by atoms with Gasteiger partial charge in [0.05, 0.1) is 4.47 Å². The molecule has 0 aliphatic carbocycles. The van der Waals surface area contributed by atoms with Gasteiger partial charge in [-0.1, -0.05) is 0 Å². The summed E-state index contributed by atoms with van der Waals surface area (Å²) in [5.41, 5.74) is 5.56. The average molecular weight is 328 g/mol. The third-order valence-corrected chi connectivity index (χ3v) is 2.77. The van der Waals surface area contributed by atoms with Crippen LogP contribution < -0.4 is 15.4 Å². The van der Waals surface area contributed by atoms with Crippen LogP contribution in [0.2, 0.25) is 0 Å². The fraction of sp³-hybridized carbons (Fsp3) is 0.182. The molecule has 0 radical (unpaired) electrons. The molecule has 0 atom stereocenters. The van der Waals surface area contributed by atoms with Crippen LogP contribution in [0.25, 0.3) is 0 Å². The summed E-state index contributed by atoms with van der Waals surface area (Å²) in [6, 6.07) is 4.06. The molecule has 8 heteroatoms. The quantitative estimate of drug-likeness (QED) is 0.931. The van der Waals surface area contributed by atoms with Gasteiger partial charge in [-0.25, -0.2) is 4.39 Å². The average Bonchev–Trinajstić information content (AvgIpc) is 2.33. The van der Waals surface area contributed by atoms with E-state index in [1.807, 2.05) is 0 Å². The molecular formula is C11H11BrFN5O. The Morgan fingerprint density at radius 3 is 2.68 bits per heavy atom. The van der Waals surface area contributed by atoms with Crippen LogP contribution in [0.5, 0.6) is 11.8 Å². The van der Waals surface area contributed by atoms with Crippen LogP contribution in [0.1, 0.15) is 0 Å². The molecule has 2 aromatic rings. The number of aromatic nitrogens is 3. The first-order valence-electron chi connectivity index (χ1n) is 5.27. The number of nitrogens with zero attached hydrogens (tertiary/aromatic N) is 4. The monoisotopic (exact) mass is 327 g/mol. The summed E-state index contributed by atoms with van der Waals surface area (Å²) in [6.45, 7) is 0. The van der Waals surface area contributed by atoms with Crippen molar-refractivity contribution in [2.75, 3.05) is 24.7 Å². The lowest BCUT2D eigenvalue weighted by Gasteiger charge is -2.12. The van der Waals surface area contributed by atoms with Gasteiger partial charge in [-0.3, -0.25) is 0 Å². The lowest BCUT2D eigenvalue weighted by molar-refractivity contribution is 0.434. The Hall–Kier alpha value is -1.96. The van der Waals surface area contributed by atoms with Gasteiger partial charge in [-0.05, 0) is 28.1 Å². The highest BCUT2D eigenvalue weighted by Crippen LogP contribution is 2.29. The number of halogens is 2. The van der Waals surface area contributed by atoms with Crippen molar-refractivity contribution in [2.24, 2.45) is 0 Å². The van der Waals surface area contributed by atoms with E-state index in [0.29, 0.717) is 10.4 Å². The maximum absolute atomic E-state index is 13.1. The molecule has 0 spiro atoms. The third kappa shape index (κ3) is 3.28. The number of hydrogen-bond donors (Lipinski definition) is 1. The fourth-order valence-corrected chi connectivity index (χ4v) is 1.59. The lowest BCUT2D eigenvalue weighted by atomic mass is 10.3. The van der Waals surface area contributed by atoms with Crippen molar-refractivity contribution in [1.29, 1.82) is 0 Å². The first-order chi connectivity index (χ1) is 8.95. The molecule has 6 nitrogen and oxygen atoms in total. The molecule has 0 aliphatic heterocycles. The Morgan fingerprint density at radius 2 is 2.00 bits per heavy atom. The van der Waals surface area contributed by atoms with E-state index >= 15 is 0 Å². The van der Waals surface area contributed by atoms with E-state index in [0.717, 1.165) is 0 Å². The number of anilines is 2. The van der Waals surface area contributed by atoms with E-state index in [1.54, 1.807) is 19.0 Å². The summed E-state index contributed by atoms with van der Waals surface area (Å²) in [5.74, 6) is 0.222. The molecule has 2 N–H and O–H groups in total. The Labute approximate surface area is 117 Å². The molecule has 0 unspecified atom stereocenters. The number of benzene rings is 1. The minimum Gasteiger partial charge on any atom is -0.423 e. The highest BCUT2D eigenvalue weighted by molar-refractivity contribution is 9.10. The lowest BCUT2D eigenvalue weighted by Crippen LogP contribution is -2.15. The van der Waals surface area contributed by atoms with Crippen LogP contribution in [0.15, 0.2) is 22.7 Å². The Bertz CT molecular complexity index is 608. The standard InChI is InChI=1S/C11H11BrFN5O/c1-18(2)10-15-9(14)16-11(17-10)19-8-5-6(13)3-4-7(8)12/h3-5H,1-2H3,(H2,14,15,16,17). The van der Waals surface area contributed by atoms with Gasteiger partial charge in [0.25, 0.3) is 0 Å². The normalized spacial score (nSPS) is 10.3. The van der Waals surface area contributed by atoms with Crippen LogP contribution in [-0.4, -0.2) is 29.0 Å². The maximum atomic E-state index is 13.1. The number of hydrogen-bond acceptors (Lipinski definition) is 6. The van der Waals surface area contributed by atoms with Gasteiger partial charge >= 0.3 is 6.01 Å². The summed E-state index contributed by atoms with van der Waals surface area (Å²) in [5, 5.41) is 0. The zero-order chi connectivity index (χ0) is 14.0. The highest BCUT2D eigenvalue weighted by atomic mass is 79.9. The van der Waals surface area contributed by atoms with Crippen LogP contribution in [0, 0.1) is 5.82 Å². The van der Waals surface area contributed by atoms with Gasteiger partial charge in [-0.15, -0.1) is 0 Å². The minimum atomic E-state index is -0.423. The Balaban J connectivity index is 2.35. The second kappa shape index (κ2) is 5.35. The number of nitrogens with two attached hydrogens (primary N) is 1. The molecule has 19 heavy (non-hydrogen) atoms. The van der Waals surface area contributed by atoms with Crippen molar-refractivity contribution >= 4 is 27.8 Å². The minimum absolute atomic E-state index is 0.00231. The van der Waals surface area contributed by atoms with Crippen molar-refractivity contribution in [3.05, 3.63) is 28.5 Å². The van der Waals surface area contributed by atoms with Gasteiger partial charge < -0.3 is 15.4 Å². The van der Waals surface area contributed by atoms with Crippen LogP contribution >= 0.6 is 15.9 Å². The Morgan fingerprint density at radius 1 is 1.26 bits per heavy atom. The van der Waals surface area contributed by atoms with Gasteiger partial charge in [0.2, 0.25) is 11.9 Å². The summed E-state index contributed by atoms with van der Waals surface area (Å²) < 4.78 is 19.1. The second-order valence-corrected chi connectivity index (χ2v) is 4.70. The molecule has 0 bridgehead atoms. The molecule has 1 aromatic heterocycles. The smallest absolute Gasteiger partial charge is 0.328 e. The first kappa shape index (κ1) is 13.5. The molecule has 1 heterocycles. The van der Waals surface area contributed by atoms with Crippen LogP contribution in [0.3, 0.4) is 0 Å². The molecule has 1 aromatic carbocycles. The fourth-order valence-electron chi connectivity index (χ4n) is 1.26. The van der Waals surface area contributed by atoms with Crippen molar-refractivity contribution in [2.45, 2.75) is 0 Å².